The van der Waals surface area contributed by atoms with E-state index in [4.69, 9.17) is 9.47 Å². The van der Waals surface area contributed by atoms with E-state index in [1.807, 2.05) is 0 Å². The number of hydrogen-bond donors (Lipinski definition) is 2. The maximum atomic E-state index is 13.8. The van der Waals surface area contributed by atoms with Crippen molar-refractivity contribution in [3.63, 3.8) is 0 Å². The Kier molecular flexibility index (Phi) is 5.29. The predicted molar refractivity (Wildman–Crippen MR) is 106 cm³/mol. The van der Waals surface area contributed by atoms with Gasteiger partial charge >= 0.3 is 0 Å². The molecule has 1 aromatic heterocycles. The number of carbonyl (C=O) groups excluding carboxylic acids is 1. The Hall–Kier alpha value is -3.61. The smallest absolute Gasteiger partial charge is 0.259 e. The molecule has 7 heteroatoms. The van der Waals surface area contributed by atoms with Crippen LogP contribution < -0.4 is 20.3 Å². The van der Waals surface area contributed by atoms with Crippen molar-refractivity contribution in [1.82, 2.24) is 4.98 Å². The van der Waals surface area contributed by atoms with E-state index >= 15 is 0 Å². The number of amides is 1. The molecule has 29 heavy (non-hydrogen) atoms. The molecule has 6 nitrogen and oxygen atoms in total. The minimum absolute atomic E-state index is 0.0133. The minimum atomic E-state index is -0.588. The number of hydrogen-bond acceptors (Lipinski definition) is 4. The van der Waals surface area contributed by atoms with Crippen LogP contribution in [0.4, 0.5) is 10.1 Å². The van der Waals surface area contributed by atoms with Crippen LogP contribution in [0.5, 0.6) is 17.2 Å². The van der Waals surface area contributed by atoms with E-state index in [0.29, 0.717) is 24.0 Å². The van der Waals surface area contributed by atoms with Gasteiger partial charge in [0.25, 0.3) is 5.91 Å². The summed E-state index contributed by atoms with van der Waals surface area (Å²) in [6, 6.07) is 13.5. The minimum Gasteiger partial charge on any atom is -0.493 e. The first kappa shape index (κ1) is 18.7. The number of carbonyl (C=O) groups is 1. The summed E-state index contributed by atoms with van der Waals surface area (Å²) in [5.74, 6) is 0.926. The lowest BCUT2D eigenvalue weighted by Gasteiger charge is -2.12. The molecule has 2 aromatic carbocycles. The molecule has 0 radical (unpaired) electrons. The molecule has 2 N–H and O–H groups in total. The Labute approximate surface area is 166 Å². The van der Waals surface area contributed by atoms with Gasteiger partial charge in [0.05, 0.1) is 12.2 Å². The molecule has 4 rings (SSSR count). The molecule has 0 bridgehead atoms. The fourth-order valence-corrected chi connectivity index (χ4v) is 2.72. The Balaban J connectivity index is 1.49. The quantitative estimate of drug-likeness (QED) is 0.624. The normalized spacial score (nSPS) is 13.0. The van der Waals surface area contributed by atoms with Gasteiger partial charge in [0.2, 0.25) is 5.56 Å². The van der Waals surface area contributed by atoms with Crippen molar-refractivity contribution in [2.45, 2.75) is 12.8 Å². The molecular formula is C22H19FN2O4. The van der Waals surface area contributed by atoms with Crippen LogP contribution in [0.1, 0.15) is 23.2 Å². The molecule has 0 unspecified atom stereocenters. The highest BCUT2D eigenvalue weighted by Gasteiger charge is 2.22. The van der Waals surface area contributed by atoms with Gasteiger partial charge in [0.15, 0.2) is 0 Å². The highest BCUT2D eigenvalue weighted by atomic mass is 19.1. The molecule has 0 saturated heterocycles. The van der Waals surface area contributed by atoms with Crippen LogP contribution in [0, 0.1) is 11.7 Å². The van der Waals surface area contributed by atoms with Crippen molar-refractivity contribution >= 4 is 11.6 Å². The number of benzene rings is 2. The largest absolute Gasteiger partial charge is 0.493 e. The fourth-order valence-electron chi connectivity index (χ4n) is 2.72. The van der Waals surface area contributed by atoms with Gasteiger partial charge in [-0.05, 0) is 67.3 Å². The number of aromatic nitrogens is 1. The van der Waals surface area contributed by atoms with Crippen molar-refractivity contribution < 1.29 is 18.7 Å². The predicted octanol–water partition coefficient (Wildman–Crippen LogP) is 4.35. The summed E-state index contributed by atoms with van der Waals surface area (Å²) >= 11 is 0. The first-order chi connectivity index (χ1) is 14.1. The third-order valence-corrected chi connectivity index (χ3v) is 4.45. The second-order valence-electron chi connectivity index (χ2n) is 6.86. The van der Waals surface area contributed by atoms with Gasteiger partial charge < -0.3 is 19.8 Å². The summed E-state index contributed by atoms with van der Waals surface area (Å²) in [6.07, 6.45) is 3.84. The first-order valence-corrected chi connectivity index (χ1v) is 9.27. The molecular weight excluding hydrogens is 375 g/mol. The second kappa shape index (κ2) is 8.18. The van der Waals surface area contributed by atoms with E-state index in [-0.39, 0.29) is 16.9 Å². The molecule has 1 aliphatic rings. The topological polar surface area (TPSA) is 80.4 Å². The molecule has 1 amide bonds. The first-order valence-electron chi connectivity index (χ1n) is 9.27. The van der Waals surface area contributed by atoms with E-state index in [2.05, 4.69) is 10.3 Å². The number of anilines is 1. The molecule has 1 heterocycles. The van der Waals surface area contributed by atoms with Gasteiger partial charge in [-0.15, -0.1) is 0 Å². The summed E-state index contributed by atoms with van der Waals surface area (Å²) in [5.41, 5.74) is -0.0482. The van der Waals surface area contributed by atoms with E-state index in [1.54, 1.807) is 24.3 Å². The fraction of sp³-hybridized carbons (Fsp3) is 0.182. The van der Waals surface area contributed by atoms with Crippen LogP contribution in [0.3, 0.4) is 0 Å². The van der Waals surface area contributed by atoms with E-state index in [0.717, 1.165) is 11.8 Å². The molecule has 1 aliphatic carbocycles. The van der Waals surface area contributed by atoms with Crippen molar-refractivity contribution in [2.75, 3.05) is 11.9 Å². The Morgan fingerprint density at radius 1 is 1.07 bits per heavy atom. The van der Waals surface area contributed by atoms with Gasteiger partial charge in [-0.3, -0.25) is 9.59 Å². The van der Waals surface area contributed by atoms with Crippen LogP contribution in [-0.4, -0.2) is 17.5 Å². The summed E-state index contributed by atoms with van der Waals surface area (Å²) in [4.78, 5) is 26.5. The molecule has 0 atom stereocenters. The summed E-state index contributed by atoms with van der Waals surface area (Å²) < 4.78 is 25.2. The Morgan fingerprint density at radius 3 is 2.55 bits per heavy atom. The van der Waals surface area contributed by atoms with Crippen molar-refractivity contribution in [2.24, 2.45) is 5.92 Å². The average molecular weight is 394 g/mol. The summed E-state index contributed by atoms with van der Waals surface area (Å²) in [6.45, 7) is 0.713. The van der Waals surface area contributed by atoms with Crippen LogP contribution in [0.2, 0.25) is 0 Å². The van der Waals surface area contributed by atoms with Crippen LogP contribution in [0.15, 0.2) is 65.6 Å². The SMILES string of the molecule is O=C(Nc1cc[nH]c(=O)c1)c1cc(F)ccc1Oc1ccc(OCC2CC2)cc1. The third-order valence-electron chi connectivity index (χ3n) is 4.45. The third kappa shape index (κ3) is 5.01. The van der Waals surface area contributed by atoms with Crippen molar-refractivity contribution in [1.29, 1.82) is 0 Å². The molecule has 0 aliphatic heterocycles. The van der Waals surface area contributed by atoms with Gasteiger partial charge in [-0.1, -0.05) is 0 Å². The Bertz CT molecular complexity index is 1070. The lowest BCUT2D eigenvalue weighted by atomic mass is 10.1. The zero-order valence-electron chi connectivity index (χ0n) is 15.5. The molecule has 3 aromatic rings. The van der Waals surface area contributed by atoms with E-state index in [9.17, 15) is 14.0 Å². The van der Waals surface area contributed by atoms with Gasteiger partial charge in [0.1, 0.15) is 23.1 Å². The zero-order valence-corrected chi connectivity index (χ0v) is 15.5. The van der Waals surface area contributed by atoms with Gasteiger partial charge in [0, 0.05) is 18.0 Å². The van der Waals surface area contributed by atoms with Crippen LogP contribution in [-0.2, 0) is 0 Å². The number of H-pyrrole nitrogens is 1. The zero-order chi connectivity index (χ0) is 20.2. The van der Waals surface area contributed by atoms with Crippen LogP contribution in [0.25, 0.3) is 0 Å². The van der Waals surface area contributed by atoms with E-state index < -0.39 is 11.7 Å². The Morgan fingerprint density at radius 2 is 1.83 bits per heavy atom. The van der Waals surface area contributed by atoms with Gasteiger partial charge in [-0.2, -0.15) is 0 Å². The standard InChI is InChI=1S/C22H19FN2O4/c23-15-3-8-20(19(11-15)22(27)25-16-9-10-24-21(26)12-16)29-18-6-4-17(5-7-18)28-13-14-1-2-14/h3-12,14H,1-2,13H2,(H2,24,25,26,27). The molecule has 148 valence electrons. The van der Waals surface area contributed by atoms with Crippen LogP contribution >= 0.6 is 0 Å². The number of aromatic amines is 1. The average Bonchev–Trinajstić information content (AvgIpc) is 3.53. The summed E-state index contributed by atoms with van der Waals surface area (Å²) in [7, 11) is 0. The second-order valence-corrected chi connectivity index (χ2v) is 6.86. The highest BCUT2D eigenvalue weighted by Crippen LogP contribution is 2.31. The van der Waals surface area contributed by atoms with E-state index in [1.165, 1.54) is 43.3 Å². The van der Waals surface area contributed by atoms with Crippen molar-refractivity contribution in [3.8, 4) is 17.2 Å². The maximum absolute atomic E-state index is 13.8. The molecule has 1 saturated carbocycles. The number of rotatable bonds is 7. The monoisotopic (exact) mass is 394 g/mol. The molecule has 0 spiro atoms. The number of ether oxygens (including phenoxy) is 2. The molecule has 1 fully saturated rings. The van der Waals surface area contributed by atoms with Gasteiger partial charge in [-0.25, -0.2) is 4.39 Å². The number of nitrogens with one attached hydrogen (secondary N) is 2. The summed E-state index contributed by atoms with van der Waals surface area (Å²) in [5, 5.41) is 2.57. The number of pyridine rings is 1. The lowest BCUT2D eigenvalue weighted by Crippen LogP contribution is -2.15. The van der Waals surface area contributed by atoms with Crippen molar-refractivity contribution in [3.05, 3.63) is 82.5 Å². The number of halogens is 1. The lowest BCUT2D eigenvalue weighted by molar-refractivity contribution is 0.102. The maximum Gasteiger partial charge on any atom is 0.259 e. The highest BCUT2D eigenvalue weighted by molar-refractivity contribution is 6.06.